The summed E-state index contributed by atoms with van der Waals surface area (Å²) in [5.74, 6) is 0. The highest BCUT2D eigenvalue weighted by Gasteiger charge is 2.01. The molecule has 0 spiro atoms. The second-order valence-electron chi connectivity index (χ2n) is 4.12. The van der Waals surface area contributed by atoms with Gasteiger partial charge in [-0.25, -0.2) is 0 Å². The Kier molecular flexibility index (Phi) is 3.49. The lowest BCUT2D eigenvalue weighted by Gasteiger charge is -2.09. The van der Waals surface area contributed by atoms with E-state index in [1.807, 2.05) is 25.1 Å². The van der Waals surface area contributed by atoms with Crippen molar-refractivity contribution in [1.82, 2.24) is 9.78 Å². The van der Waals surface area contributed by atoms with Crippen LogP contribution in [0.4, 0.5) is 11.4 Å². The monoisotopic (exact) mass is 241 g/mol. The van der Waals surface area contributed by atoms with Crippen LogP contribution in [0, 0.1) is 18.3 Å². The molecule has 5 heteroatoms. The second-order valence-corrected chi connectivity index (χ2v) is 4.12. The van der Waals surface area contributed by atoms with Gasteiger partial charge in [0, 0.05) is 12.7 Å². The number of nitrogen functional groups attached to an aromatic ring is 1. The molecule has 1 aromatic heterocycles. The van der Waals surface area contributed by atoms with Crippen LogP contribution in [0.3, 0.4) is 0 Å². The molecule has 0 aliphatic carbocycles. The molecule has 0 aliphatic rings. The second kappa shape index (κ2) is 5.23. The van der Waals surface area contributed by atoms with Gasteiger partial charge in [-0.3, -0.25) is 4.68 Å². The summed E-state index contributed by atoms with van der Waals surface area (Å²) in [6.45, 7) is 3.40. The largest absolute Gasteiger partial charge is 0.396 e. The molecule has 0 fully saturated rings. The van der Waals surface area contributed by atoms with Gasteiger partial charge in [-0.1, -0.05) is 6.07 Å². The highest BCUT2D eigenvalue weighted by Crippen LogP contribution is 2.16. The van der Waals surface area contributed by atoms with Crippen molar-refractivity contribution in [3.63, 3.8) is 0 Å². The van der Waals surface area contributed by atoms with Gasteiger partial charge in [-0.2, -0.15) is 10.4 Å². The molecule has 0 bridgehead atoms. The molecule has 18 heavy (non-hydrogen) atoms. The minimum atomic E-state index is 0.653. The molecule has 2 rings (SSSR count). The average Bonchev–Trinajstić information content (AvgIpc) is 2.75. The van der Waals surface area contributed by atoms with E-state index in [0.717, 1.165) is 11.3 Å². The summed E-state index contributed by atoms with van der Waals surface area (Å²) >= 11 is 0. The Morgan fingerprint density at radius 3 is 3.00 bits per heavy atom. The average molecular weight is 241 g/mol. The number of nitrogens with two attached hydrogens (primary N) is 1. The number of nitrogens with zero attached hydrogens (tertiary/aromatic N) is 3. The fourth-order valence-corrected chi connectivity index (χ4v) is 1.71. The standard InChI is InChI=1S/C13H15N5/c1-10-2-3-11(7-14)13(6-10)16-4-5-18-9-12(15)8-17-18/h2-3,6,8-9,16H,4-5,15H2,1H3. The van der Waals surface area contributed by atoms with Crippen LogP contribution in [-0.2, 0) is 6.54 Å². The summed E-state index contributed by atoms with van der Waals surface area (Å²) in [6.07, 6.45) is 3.40. The summed E-state index contributed by atoms with van der Waals surface area (Å²) in [5.41, 5.74) is 8.87. The zero-order chi connectivity index (χ0) is 13.0. The van der Waals surface area contributed by atoms with Crippen LogP contribution < -0.4 is 11.1 Å². The van der Waals surface area contributed by atoms with Crippen LogP contribution in [0.25, 0.3) is 0 Å². The maximum absolute atomic E-state index is 9.00. The molecule has 0 amide bonds. The Balaban J connectivity index is 1.98. The molecule has 92 valence electrons. The molecule has 2 aromatic rings. The first-order chi connectivity index (χ1) is 8.69. The minimum absolute atomic E-state index is 0.653. The summed E-state index contributed by atoms with van der Waals surface area (Å²) < 4.78 is 1.77. The normalized spacial score (nSPS) is 10.0. The Morgan fingerprint density at radius 2 is 2.33 bits per heavy atom. The Bertz CT molecular complexity index is 579. The molecule has 0 saturated heterocycles. The number of nitriles is 1. The van der Waals surface area contributed by atoms with Crippen molar-refractivity contribution in [2.75, 3.05) is 17.6 Å². The lowest BCUT2D eigenvalue weighted by atomic mass is 10.1. The third kappa shape index (κ3) is 2.80. The Hall–Kier alpha value is -2.48. The van der Waals surface area contributed by atoms with Crippen LogP contribution in [0.15, 0.2) is 30.6 Å². The fourth-order valence-electron chi connectivity index (χ4n) is 1.71. The van der Waals surface area contributed by atoms with Gasteiger partial charge in [0.15, 0.2) is 0 Å². The van der Waals surface area contributed by atoms with Crippen molar-refractivity contribution in [1.29, 1.82) is 5.26 Å². The summed E-state index contributed by atoms with van der Waals surface area (Å²) in [4.78, 5) is 0. The number of hydrogen-bond acceptors (Lipinski definition) is 4. The number of benzene rings is 1. The topological polar surface area (TPSA) is 79.7 Å². The summed E-state index contributed by atoms with van der Waals surface area (Å²) in [7, 11) is 0. The maximum Gasteiger partial charge on any atom is 0.101 e. The van der Waals surface area contributed by atoms with Crippen molar-refractivity contribution in [2.24, 2.45) is 0 Å². The molecular weight excluding hydrogens is 226 g/mol. The van der Waals surface area contributed by atoms with Gasteiger partial charge in [-0.05, 0) is 24.6 Å². The van der Waals surface area contributed by atoms with E-state index < -0.39 is 0 Å². The highest BCUT2D eigenvalue weighted by molar-refractivity contribution is 5.58. The van der Waals surface area contributed by atoms with Gasteiger partial charge in [0.25, 0.3) is 0 Å². The SMILES string of the molecule is Cc1ccc(C#N)c(NCCn2cc(N)cn2)c1. The first kappa shape index (κ1) is 12.0. The van der Waals surface area contributed by atoms with Crippen LogP contribution in [0.1, 0.15) is 11.1 Å². The highest BCUT2D eigenvalue weighted by atomic mass is 15.3. The Morgan fingerprint density at radius 1 is 1.50 bits per heavy atom. The molecular formula is C13H15N5. The molecule has 5 nitrogen and oxygen atoms in total. The summed E-state index contributed by atoms with van der Waals surface area (Å²) in [6, 6.07) is 7.89. The van der Waals surface area contributed by atoms with Gasteiger partial charge in [0.05, 0.1) is 29.7 Å². The predicted molar refractivity (Wildman–Crippen MR) is 71.0 cm³/mol. The van der Waals surface area contributed by atoms with E-state index in [9.17, 15) is 0 Å². The van der Waals surface area contributed by atoms with E-state index in [-0.39, 0.29) is 0 Å². The van der Waals surface area contributed by atoms with E-state index in [1.165, 1.54) is 0 Å². The third-order valence-corrected chi connectivity index (χ3v) is 2.61. The quantitative estimate of drug-likeness (QED) is 0.854. The Labute approximate surface area is 106 Å². The molecule has 1 heterocycles. The molecule has 0 unspecified atom stereocenters. The predicted octanol–water partition coefficient (Wildman–Crippen LogP) is 1.76. The van der Waals surface area contributed by atoms with Crippen molar-refractivity contribution in [3.05, 3.63) is 41.7 Å². The molecule has 1 aromatic carbocycles. The van der Waals surface area contributed by atoms with E-state index >= 15 is 0 Å². The first-order valence-electron chi connectivity index (χ1n) is 5.71. The van der Waals surface area contributed by atoms with Gasteiger partial charge in [0.2, 0.25) is 0 Å². The number of aromatic nitrogens is 2. The first-order valence-corrected chi connectivity index (χ1v) is 5.71. The van der Waals surface area contributed by atoms with Crippen molar-refractivity contribution >= 4 is 11.4 Å². The smallest absolute Gasteiger partial charge is 0.101 e. The molecule has 0 aliphatic heterocycles. The molecule has 0 saturated carbocycles. The van der Waals surface area contributed by atoms with Crippen LogP contribution >= 0.6 is 0 Å². The van der Waals surface area contributed by atoms with E-state index in [2.05, 4.69) is 16.5 Å². The van der Waals surface area contributed by atoms with E-state index in [4.69, 9.17) is 11.0 Å². The number of rotatable bonds is 4. The summed E-state index contributed by atoms with van der Waals surface area (Å²) in [5, 5.41) is 16.3. The van der Waals surface area contributed by atoms with Gasteiger partial charge >= 0.3 is 0 Å². The van der Waals surface area contributed by atoms with E-state index in [1.54, 1.807) is 17.1 Å². The molecule has 0 atom stereocenters. The van der Waals surface area contributed by atoms with Crippen LogP contribution in [0.5, 0.6) is 0 Å². The van der Waals surface area contributed by atoms with Gasteiger partial charge in [-0.15, -0.1) is 0 Å². The minimum Gasteiger partial charge on any atom is -0.396 e. The van der Waals surface area contributed by atoms with Crippen molar-refractivity contribution < 1.29 is 0 Å². The zero-order valence-electron chi connectivity index (χ0n) is 10.2. The number of anilines is 2. The number of hydrogen-bond donors (Lipinski definition) is 2. The third-order valence-electron chi connectivity index (χ3n) is 2.61. The van der Waals surface area contributed by atoms with Crippen LogP contribution in [0.2, 0.25) is 0 Å². The molecule has 3 N–H and O–H groups in total. The van der Waals surface area contributed by atoms with E-state index in [0.29, 0.717) is 24.3 Å². The van der Waals surface area contributed by atoms with Crippen molar-refractivity contribution in [2.45, 2.75) is 13.5 Å². The number of nitrogens with one attached hydrogen (secondary N) is 1. The zero-order valence-corrected chi connectivity index (χ0v) is 10.2. The van der Waals surface area contributed by atoms with Crippen molar-refractivity contribution in [3.8, 4) is 6.07 Å². The lowest BCUT2D eigenvalue weighted by molar-refractivity contribution is 0.638. The fraction of sp³-hybridized carbons (Fsp3) is 0.231. The van der Waals surface area contributed by atoms with Gasteiger partial charge in [0.1, 0.15) is 6.07 Å². The maximum atomic E-state index is 9.00. The lowest BCUT2D eigenvalue weighted by Crippen LogP contribution is -2.11. The number of aryl methyl sites for hydroxylation is 1. The molecule has 0 radical (unpaired) electrons. The van der Waals surface area contributed by atoms with Gasteiger partial charge < -0.3 is 11.1 Å². The van der Waals surface area contributed by atoms with Crippen LogP contribution in [-0.4, -0.2) is 16.3 Å².